The molecule has 5 heteroatoms. The van der Waals surface area contributed by atoms with Crippen LogP contribution in [0.25, 0.3) is 0 Å². The molecule has 3 N–H and O–H groups in total. The number of benzene rings is 1. The maximum atomic E-state index is 5.88. The van der Waals surface area contributed by atoms with Crippen molar-refractivity contribution in [1.82, 2.24) is 4.90 Å². The summed E-state index contributed by atoms with van der Waals surface area (Å²) in [6, 6.07) is 9.90. The van der Waals surface area contributed by atoms with Crippen LogP contribution in [-0.2, 0) is 0 Å². The zero-order valence-electron chi connectivity index (χ0n) is 11.4. The van der Waals surface area contributed by atoms with Crippen LogP contribution >= 0.6 is 24.0 Å². The smallest absolute Gasteiger partial charge is 0.193 e. The van der Waals surface area contributed by atoms with Gasteiger partial charge in [-0.25, -0.2) is 0 Å². The minimum Gasteiger partial charge on any atom is -0.370 e. The van der Waals surface area contributed by atoms with Crippen molar-refractivity contribution in [3.63, 3.8) is 0 Å². The zero-order valence-corrected chi connectivity index (χ0v) is 13.7. The molecule has 1 fully saturated rings. The Morgan fingerprint density at radius 1 is 1.42 bits per heavy atom. The zero-order chi connectivity index (χ0) is 12.8. The maximum Gasteiger partial charge on any atom is 0.193 e. The number of halogens is 1. The number of anilines is 1. The van der Waals surface area contributed by atoms with Crippen molar-refractivity contribution in [2.24, 2.45) is 16.6 Å². The third-order valence-electron chi connectivity index (χ3n) is 3.38. The molecule has 19 heavy (non-hydrogen) atoms. The van der Waals surface area contributed by atoms with Gasteiger partial charge in [-0.1, -0.05) is 25.1 Å². The van der Waals surface area contributed by atoms with Gasteiger partial charge in [-0.3, -0.25) is 4.99 Å². The van der Waals surface area contributed by atoms with E-state index in [0.29, 0.717) is 11.9 Å². The molecule has 0 amide bonds. The number of para-hydroxylation sites is 1. The topological polar surface area (TPSA) is 53.6 Å². The van der Waals surface area contributed by atoms with E-state index in [1.54, 1.807) is 0 Å². The second kappa shape index (κ2) is 8.37. The first kappa shape index (κ1) is 16.2. The SMILES string of the molecule is CCN1CCC(CN=C(N)Nc2ccccc2)C1.I. The molecule has 2 rings (SSSR count). The molecule has 0 aromatic heterocycles. The number of hydrogen-bond donors (Lipinski definition) is 2. The molecule has 1 unspecified atom stereocenters. The van der Waals surface area contributed by atoms with Crippen molar-refractivity contribution in [3.05, 3.63) is 30.3 Å². The highest BCUT2D eigenvalue weighted by molar-refractivity contribution is 14.0. The minimum absolute atomic E-state index is 0. The maximum absolute atomic E-state index is 5.88. The summed E-state index contributed by atoms with van der Waals surface area (Å²) in [6.45, 7) is 6.51. The number of nitrogens with one attached hydrogen (secondary N) is 1. The van der Waals surface area contributed by atoms with Crippen molar-refractivity contribution in [2.45, 2.75) is 13.3 Å². The quantitative estimate of drug-likeness (QED) is 0.484. The fourth-order valence-electron chi connectivity index (χ4n) is 2.29. The molecule has 0 aliphatic carbocycles. The Kier molecular flexibility index (Phi) is 7.15. The summed E-state index contributed by atoms with van der Waals surface area (Å²) in [5.41, 5.74) is 6.86. The molecule has 1 aliphatic heterocycles. The summed E-state index contributed by atoms with van der Waals surface area (Å²) in [6.07, 6.45) is 1.23. The molecule has 0 radical (unpaired) electrons. The van der Waals surface area contributed by atoms with E-state index in [0.717, 1.165) is 25.3 Å². The van der Waals surface area contributed by atoms with Crippen LogP contribution in [-0.4, -0.2) is 37.0 Å². The number of hydrogen-bond acceptors (Lipinski definition) is 2. The van der Waals surface area contributed by atoms with Crippen LogP contribution in [0.4, 0.5) is 5.69 Å². The first-order valence-corrected chi connectivity index (χ1v) is 6.62. The van der Waals surface area contributed by atoms with E-state index in [4.69, 9.17) is 5.73 Å². The number of aliphatic imine (C=N–C) groups is 1. The highest BCUT2D eigenvalue weighted by atomic mass is 127. The lowest BCUT2D eigenvalue weighted by Gasteiger charge is -2.12. The van der Waals surface area contributed by atoms with Crippen LogP contribution in [0.2, 0.25) is 0 Å². The average molecular weight is 374 g/mol. The Morgan fingerprint density at radius 2 is 2.16 bits per heavy atom. The fraction of sp³-hybridized carbons (Fsp3) is 0.500. The molecule has 1 aromatic rings. The Balaban J connectivity index is 0.00000180. The predicted octanol–water partition coefficient (Wildman–Crippen LogP) is 2.37. The Bertz CT molecular complexity index is 394. The van der Waals surface area contributed by atoms with Gasteiger partial charge in [0.25, 0.3) is 0 Å². The van der Waals surface area contributed by atoms with Crippen LogP contribution in [0.3, 0.4) is 0 Å². The molecule has 1 aliphatic rings. The standard InChI is InChI=1S/C14H22N4.HI/c1-2-18-9-8-12(11-18)10-16-14(15)17-13-6-4-3-5-7-13;/h3-7,12H,2,8-11H2,1H3,(H3,15,16,17);1H. The van der Waals surface area contributed by atoms with Crippen molar-refractivity contribution in [1.29, 1.82) is 0 Å². The summed E-state index contributed by atoms with van der Waals surface area (Å²) >= 11 is 0. The van der Waals surface area contributed by atoms with Crippen molar-refractivity contribution in [2.75, 3.05) is 31.5 Å². The van der Waals surface area contributed by atoms with Crippen molar-refractivity contribution in [3.8, 4) is 0 Å². The van der Waals surface area contributed by atoms with Gasteiger partial charge in [0.1, 0.15) is 0 Å². The summed E-state index contributed by atoms with van der Waals surface area (Å²) in [4.78, 5) is 6.89. The van der Waals surface area contributed by atoms with E-state index in [1.165, 1.54) is 13.0 Å². The number of nitrogens with two attached hydrogens (primary N) is 1. The number of guanidine groups is 1. The molecule has 0 saturated carbocycles. The molecule has 1 saturated heterocycles. The van der Waals surface area contributed by atoms with E-state index >= 15 is 0 Å². The van der Waals surface area contributed by atoms with Crippen LogP contribution in [0.5, 0.6) is 0 Å². The van der Waals surface area contributed by atoms with E-state index in [1.807, 2.05) is 30.3 Å². The number of rotatable bonds is 4. The van der Waals surface area contributed by atoms with Gasteiger partial charge >= 0.3 is 0 Å². The molecule has 1 heterocycles. The van der Waals surface area contributed by atoms with Gasteiger partial charge in [-0.15, -0.1) is 24.0 Å². The van der Waals surface area contributed by atoms with Crippen molar-refractivity contribution < 1.29 is 0 Å². The van der Waals surface area contributed by atoms with Gasteiger partial charge in [0, 0.05) is 18.8 Å². The molecule has 0 bridgehead atoms. The molecule has 1 aromatic carbocycles. The van der Waals surface area contributed by atoms with E-state index in [9.17, 15) is 0 Å². The van der Waals surface area contributed by atoms with Gasteiger partial charge in [-0.2, -0.15) is 0 Å². The number of nitrogens with zero attached hydrogens (tertiary/aromatic N) is 2. The predicted molar refractivity (Wildman–Crippen MR) is 92.2 cm³/mol. The van der Waals surface area contributed by atoms with Crippen molar-refractivity contribution >= 4 is 35.6 Å². The van der Waals surface area contributed by atoms with Crippen LogP contribution in [0.1, 0.15) is 13.3 Å². The van der Waals surface area contributed by atoms with Gasteiger partial charge < -0.3 is 16.0 Å². The first-order chi connectivity index (χ1) is 8.78. The highest BCUT2D eigenvalue weighted by Gasteiger charge is 2.20. The Hall–Kier alpha value is -0.820. The first-order valence-electron chi connectivity index (χ1n) is 6.62. The lowest BCUT2D eigenvalue weighted by Crippen LogP contribution is -2.25. The average Bonchev–Trinajstić information content (AvgIpc) is 2.85. The molecule has 4 nitrogen and oxygen atoms in total. The Morgan fingerprint density at radius 3 is 2.79 bits per heavy atom. The van der Waals surface area contributed by atoms with Gasteiger partial charge in [0.15, 0.2) is 5.96 Å². The van der Waals surface area contributed by atoms with E-state index in [2.05, 4.69) is 22.1 Å². The second-order valence-electron chi connectivity index (χ2n) is 4.76. The normalized spacial score (nSPS) is 20.1. The Labute approximate surface area is 132 Å². The molecular formula is C14H23IN4. The van der Waals surface area contributed by atoms with Crippen LogP contribution < -0.4 is 11.1 Å². The largest absolute Gasteiger partial charge is 0.370 e. The minimum atomic E-state index is 0. The van der Waals surface area contributed by atoms with Gasteiger partial charge in [-0.05, 0) is 37.6 Å². The lowest BCUT2D eigenvalue weighted by molar-refractivity contribution is 0.344. The number of likely N-dealkylation sites (tertiary alicyclic amines) is 1. The monoisotopic (exact) mass is 374 g/mol. The summed E-state index contributed by atoms with van der Waals surface area (Å²) in [7, 11) is 0. The van der Waals surface area contributed by atoms with Crippen LogP contribution in [0.15, 0.2) is 35.3 Å². The van der Waals surface area contributed by atoms with Crippen LogP contribution in [0, 0.1) is 5.92 Å². The third kappa shape index (κ3) is 5.36. The molecule has 106 valence electrons. The van der Waals surface area contributed by atoms with Gasteiger partial charge in [0.2, 0.25) is 0 Å². The molecular weight excluding hydrogens is 351 g/mol. The second-order valence-corrected chi connectivity index (χ2v) is 4.76. The summed E-state index contributed by atoms with van der Waals surface area (Å²) < 4.78 is 0. The summed E-state index contributed by atoms with van der Waals surface area (Å²) in [5.74, 6) is 1.16. The fourth-order valence-corrected chi connectivity index (χ4v) is 2.29. The molecule has 0 spiro atoms. The molecule has 1 atom stereocenters. The summed E-state index contributed by atoms with van der Waals surface area (Å²) in [5, 5.41) is 3.11. The van der Waals surface area contributed by atoms with E-state index in [-0.39, 0.29) is 24.0 Å². The lowest BCUT2D eigenvalue weighted by atomic mass is 10.1. The third-order valence-corrected chi connectivity index (χ3v) is 3.38. The highest BCUT2D eigenvalue weighted by Crippen LogP contribution is 2.15. The van der Waals surface area contributed by atoms with E-state index < -0.39 is 0 Å². The van der Waals surface area contributed by atoms with Gasteiger partial charge in [0.05, 0.1) is 0 Å².